The molecule has 0 aromatic heterocycles. The number of rotatable bonds is 3. The molecule has 0 spiro atoms. The summed E-state index contributed by atoms with van der Waals surface area (Å²) in [5.41, 5.74) is 0. The minimum absolute atomic E-state index is 0.0395. The highest BCUT2D eigenvalue weighted by Crippen LogP contribution is 2.19. The number of carbonyl (C=O) groups excluding carboxylic acids is 1. The summed E-state index contributed by atoms with van der Waals surface area (Å²) in [7, 11) is 0. The van der Waals surface area contributed by atoms with Crippen LogP contribution in [0.1, 0.15) is 19.8 Å². The van der Waals surface area contributed by atoms with Gasteiger partial charge in [-0.3, -0.25) is 9.69 Å². The first kappa shape index (κ1) is 9.93. The Morgan fingerprint density at radius 1 is 1.43 bits per heavy atom. The number of hydrogen-bond acceptors (Lipinski definition) is 3. The Labute approximate surface area is 85.0 Å². The Morgan fingerprint density at radius 3 is 2.64 bits per heavy atom. The first-order valence-electron chi connectivity index (χ1n) is 5.52. The van der Waals surface area contributed by atoms with Crippen molar-refractivity contribution in [2.75, 3.05) is 26.2 Å². The summed E-state index contributed by atoms with van der Waals surface area (Å²) >= 11 is 0. The van der Waals surface area contributed by atoms with Crippen molar-refractivity contribution in [2.45, 2.75) is 31.8 Å². The highest BCUT2D eigenvalue weighted by atomic mass is 16.2. The molecule has 2 N–H and O–H groups in total. The molecule has 1 atom stereocenters. The van der Waals surface area contributed by atoms with Crippen LogP contribution in [0.2, 0.25) is 0 Å². The Balaban J connectivity index is 1.78. The van der Waals surface area contributed by atoms with Crippen LogP contribution in [0.25, 0.3) is 0 Å². The van der Waals surface area contributed by atoms with Crippen molar-refractivity contribution in [2.24, 2.45) is 0 Å². The average Bonchev–Trinajstić information content (AvgIpc) is 3.02. The molecule has 1 aliphatic heterocycles. The van der Waals surface area contributed by atoms with Crippen LogP contribution in [-0.2, 0) is 4.79 Å². The maximum absolute atomic E-state index is 11.7. The van der Waals surface area contributed by atoms with Crippen molar-refractivity contribution in [3.8, 4) is 0 Å². The highest BCUT2D eigenvalue weighted by Gasteiger charge is 2.28. The third kappa shape index (κ3) is 2.45. The quantitative estimate of drug-likeness (QED) is 0.644. The van der Waals surface area contributed by atoms with Gasteiger partial charge >= 0.3 is 0 Å². The van der Waals surface area contributed by atoms with Crippen LogP contribution in [0.4, 0.5) is 0 Å². The largest absolute Gasteiger partial charge is 0.352 e. The van der Waals surface area contributed by atoms with Gasteiger partial charge in [0.2, 0.25) is 5.91 Å². The smallest absolute Gasteiger partial charge is 0.237 e. The zero-order valence-corrected chi connectivity index (χ0v) is 8.75. The lowest BCUT2D eigenvalue weighted by Crippen LogP contribution is -2.52. The fourth-order valence-electron chi connectivity index (χ4n) is 1.78. The summed E-state index contributed by atoms with van der Waals surface area (Å²) in [6.45, 7) is 5.98. The van der Waals surface area contributed by atoms with Crippen LogP contribution in [0.3, 0.4) is 0 Å². The molecular formula is C10H19N3O. The predicted molar refractivity (Wildman–Crippen MR) is 55.1 cm³/mol. The van der Waals surface area contributed by atoms with Gasteiger partial charge in [0, 0.05) is 32.2 Å². The fourth-order valence-corrected chi connectivity index (χ4v) is 1.78. The lowest BCUT2D eigenvalue weighted by molar-refractivity contribution is -0.126. The van der Waals surface area contributed by atoms with Gasteiger partial charge in [-0.05, 0) is 19.8 Å². The zero-order valence-electron chi connectivity index (χ0n) is 8.75. The molecule has 0 aromatic carbocycles. The van der Waals surface area contributed by atoms with Gasteiger partial charge in [0.25, 0.3) is 0 Å². The SMILES string of the molecule is C[C@H](C(=O)NC1CC1)N1CCNCC1. The minimum atomic E-state index is 0.0395. The molecule has 0 radical (unpaired) electrons. The van der Waals surface area contributed by atoms with E-state index in [0.717, 1.165) is 26.2 Å². The monoisotopic (exact) mass is 197 g/mol. The molecule has 1 saturated carbocycles. The Morgan fingerprint density at radius 2 is 2.07 bits per heavy atom. The molecule has 2 fully saturated rings. The van der Waals surface area contributed by atoms with Gasteiger partial charge < -0.3 is 10.6 Å². The Hall–Kier alpha value is -0.610. The highest BCUT2D eigenvalue weighted by molar-refractivity contribution is 5.81. The van der Waals surface area contributed by atoms with Crippen molar-refractivity contribution in [3.63, 3.8) is 0 Å². The molecule has 1 heterocycles. The predicted octanol–water partition coefficient (Wildman–Crippen LogP) is -0.441. The Bertz CT molecular complexity index is 209. The van der Waals surface area contributed by atoms with Crippen LogP contribution in [0, 0.1) is 0 Å². The van der Waals surface area contributed by atoms with Gasteiger partial charge in [-0.1, -0.05) is 0 Å². The van der Waals surface area contributed by atoms with Gasteiger partial charge in [-0.15, -0.1) is 0 Å². The van der Waals surface area contributed by atoms with Crippen molar-refractivity contribution < 1.29 is 4.79 Å². The molecular weight excluding hydrogens is 178 g/mol. The fraction of sp³-hybridized carbons (Fsp3) is 0.900. The molecule has 4 heteroatoms. The minimum Gasteiger partial charge on any atom is -0.352 e. The molecule has 4 nitrogen and oxygen atoms in total. The second-order valence-electron chi connectivity index (χ2n) is 4.24. The first-order valence-corrected chi connectivity index (χ1v) is 5.52. The molecule has 1 aliphatic carbocycles. The Kier molecular flexibility index (Phi) is 3.03. The van der Waals surface area contributed by atoms with E-state index in [1.807, 2.05) is 6.92 Å². The van der Waals surface area contributed by atoms with E-state index >= 15 is 0 Å². The van der Waals surface area contributed by atoms with Crippen LogP contribution in [0.5, 0.6) is 0 Å². The molecule has 0 aromatic rings. The van der Waals surface area contributed by atoms with Crippen molar-refractivity contribution in [1.29, 1.82) is 0 Å². The van der Waals surface area contributed by atoms with E-state index in [4.69, 9.17) is 0 Å². The van der Waals surface area contributed by atoms with E-state index in [2.05, 4.69) is 15.5 Å². The molecule has 2 rings (SSSR count). The van der Waals surface area contributed by atoms with Gasteiger partial charge in [0.05, 0.1) is 6.04 Å². The summed E-state index contributed by atoms with van der Waals surface area (Å²) in [6.07, 6.45) is 2.33. The third-order valence-corrected chi connectivity index (χ3v) is 3.00. The van der Waals surface area contributed by atoms with Gasteiger partial charge in [0.15, 0.2) is 0 Å². The number of carbonyl (C=O) groups is 1. The zero-order chi connectivity index (χ0) is 9.97. The van der Waals surface area contributed by atoms with E-state index in [9.17, 15) is 4.79 Å². The van der Waals surface area contributed by atoms with Gasteiger partial charge in [-0.2, -0.15) is 0 Å². The molecule has 0 bridgehead atoms. The summed E-state index contributed by atoms with van der Waals surface area (Å²) < 4.78 is 0. The average molecular weight is 197 g/mol. The van der Waals surface area contributed by atoms with Gasteiger partial charge in [-0.25, -0.2) is 0 Å². The second-order valence-corrected chi connectivity index (χ2v) is 4.24. The van der Waals surface area contributed by atoms with Crippen LogP contribution in [0.15, 0.2) is 0 Å². The van der Waals surface area contributed by atoms with Crippen molar-refractivity contribution in [3.05, 3.63) is 0 Å². The van der Waals surface area contributed by atoms with Crippen LogP contribution >= 0.6 is 0 Å². The standard InChI is InChI=1S/C10H19N3O/c1-8(10(14)12-9-2-3-9)13-6-4-11-5-7-13/h8-9,11H,2-7H2,1H3,(H,12,14)/t8-/m1/s1. The molecule has 1 saturated heterocycles. The second kappa shape index (κ2) is 4.28. The number of amides is 1. The summed E-state index contributed by atoms with van der Waals surface area (Å²) in [4.78, 5) is 14.0. The molecule has 0 unspecified atom stereocenters. The number of hydrogen-bond donors (Lipinski definition) is 2. The van der Waals surface area contributed by atoms with E-state index in [-0.39, 0.29) is 11.9 Å². The third-order valence-electron chi connectivity index (χ3n) is 3.00. The van der Waals surface area contributed by atoms with Crippen molar-refractivity contribution in [1.82, 2.24) is 15.5 Å². The van der Waals surface area contributed by atoms with E-state index < -0.39 is 0 Å². The van der Waals surface area contributed by atoms with E-state index in [1.165, 1.54) is 12.8 Å². The summed E-state index contributed by atoms with van der Waals surface area (Å²) in [5, 5.41) is 6.34. The normalized spacial score (nSPS) is 25.8. The first-order chi connectivity index (χ1) is 6.77. The number of nitrogens with zero attached hydrogens (tertiary/aromatic N) is 1. The van der Waals surface area contributed by atoms with Gasteiger partial charge in [0.1, 0.15) is 0 Å². The molecule has 80 valence electrons. The number of piperazine rings is 1. The van der Waals surface area contributed by atoms with E-state index in [1.54, 1.807) is 0 Å². The summed E-state index contributed by atoms with van der Waals surface area (Å²) in [6, 6.07) is 0.519. The lowest BCUT2D eigenvalue weighted by Gasteiger charge is -2.31. The maximum atomic E-state index is 11.7. The maximum Gasteiger partial charge on any atom is 0.237 e. The molecule has 1 amide bonds. The van der Waals surface area contributed by atoms with E-state index in [0.29, 0.717) is 6.04 Å². The van der Waals surface area contributed by atoms with Crippen LogP contribution < -0.4 is 10.6 Å². The number of nitrogens with one attached hydrogen (secondary N) is 2. The molecule has 2 aliphatic rings. The lowest BCUT2D eigenvalue weighted by atomic mass is 10.2. The summed E-state index contributed by atoms with van der Waals surface area (Å²) in [5.74, 6) is 0.203. The van der Waals surface area contributed by atoms with Crippen LogP contribution in [-0.4, -0.2) is 49.1 Å². The topological polar surface area (TPSA) is 44.4 Å². The molecule has 14 heavy (non-hydrogen) atoms. The van der Waals surface area contributed by atoms with Crippen molar-refractivity contribution >= 4 is 5.91 Å².